The highest BCUT2D eigenvalue weighted by atomic mass is 35.5. The molecule has 3 aromatic rings. The van der Waals surface area contributed by atoms with Gasteiger partial charge in [0.1, 0.15) is 23.2 Å². The second-order valence-electron chi connectivity index (χ2n) is 8.01. The first kappa shape index (κ1) is 18.5. The summed E-state index contributed by atoms with van der Waals surface area (Å²) in [6.45, 7) is 2.44. The molecule has 5 rings (SSSR count). The van der Waals surface area contributed by atoms with Crippen LogP contribution < -0.4 is 10.1 Å². The van der Waals surface area contributed by atoms with Gasteiger partial charge in [0.2, 0.25) is 0 Å². The van der Waals surface area contributed by atoms with Gasteiger partial charge in [0.05, 0.1) is 10.7 Å². The molecule has 3 heterocycles. The fourth-order valence-electron chi connectivity index (χ4n) is 4.30. The fraction of sp³-hybridized carbons (Fsp3) is 0.391. The maximum Gasteiger partial charge on any atom is 0.270 e. The molecular formula is C23H24ClN3O2. The lowest BCUT2D eigenvalue weighted by molar-refractivity contribution is 0.0943. The zero-order valence-corrected chi connectivity index (χ0v) is 17.2. The first-order valence-corrected chi connectivity index (χ1v) is 10.7. The first-order valence-electron chi connectivity index (χ1n) is 10.4. The van der Waals surface area contributed by atoms with Gasteiger partial charge in [-0.05, 0) is 54.5 Å². The predicted octanol–water partition coefficient (Wildman–Crippen LogP) is 4.58. The number of ether oxygens (including phenoxy) is 1. The number of carbonyl (C=O) groups is 1. The number of amides is 1. The SMILES string of the molecule is CCc1nc2ccc(Cl)cn2c1C(=O)NCc1ccc2c(c1)OC(C1CCC1)C2. The first-order chi connectivity index (χ1) is 14.1. The fourth-order valence-corrected chi connectivity index (χ4v) is 4.46. The molecule has 6 heteroatoms. The molecule has 1 aliphatic heterocycles. The highest BCUT2D eigenvalue weighted by Gasteiger charge is 2.33. The Labute approximate surface area is 175 Å². The summed E-state index contributed by atoms with van der Waals surface area (Å²) >= 11 is 6.13. The topological polar surface area (TPSA) is 55.6 Å². The van der Waals surface area contributed by atoms with Crippen molar-refractivity contribution < 1.29 is 9.53 Å². The molecule has 0 radical (unpaired) electrons. The van der Waals surface area contributed by atoms with Crippen LogP contribution in [0.2, 0.25) is 5.02 Å². The van der Waals surface area contributed by atoms with E-state index in [1.165, 1.54) is 24.8 Å². The summed E-state index contributed by atoms with van der Waals surface area (Å²) in [5.41, 5.74) is 4.36. The van der Waals surface area contributed by atoms with Gasteiger partial charge in [-0.2, -0.15) is 0 Å². The van der Waals surface area contributed by atoms with Crippen LogP contribution in [0.1, 0.15) is 53.5 Å². The van der Waals surface area contributed by atoms with Crippen LogP contribution in [0.3, 0.4) is 0 Å². The lowest BCUT2D eigenvalue weighted by Gasteiger charge is -2.30. The van der Waals surface area contributed by atoms with Crippen molar-refractivity contribution in [3.63, 3.8) is 0 Å². The molecule has 1 saturated carbocycles. The summed E-state index contributed by atoms with van der Waals surface area (Å²) in [4.78, 5) is 17.5. The number of hydrogen-bond donors (Lipinski definition) is 1. The third-order valence-electron chi connectivity index (χ3n) is 6.16. The van der Waals surface area contributed by atoms with Gasteiger partial charge in [-0.1, -0.05) is 37.1 Å². The van der Waals surface area contributed by atoms with Gasteiger partial charge in [-0.15, -0.1) is 0 Å². The van der Waals surface area contributed by atoms with E-state index in [9.17, 15) is 4.79 Å². The van der Waals surface area contributed by atoms with E-state index in [1.54, 1.807) is 16.7 Å². The standard InChI is InChI=1S/C23H24ClN3O2/c1-2-18-22(27-13-17(24)8-9-21(27)26-18)23(28)25-12-14-6-7-16-11-20(15-4-3-5-15)29-19(16)10-14/h6-10,13,15,20H,2-5,11-12H2,1H3,(H,25,28). The van der Waals surface area contributed by atoms with Gasteiger partial charge in [-0.25, -0.2) is 4.98 Å². The van der Waals surface area contributed by atoms with Crippen LogP contribution in [0.15, 0.2) is 36.5 Å². The number of hydrogen-bond acceptors (Lipinski definition) is 3. The number of carbonyl (C=O) groups excluding carboxylic acids is 1. The van der Waals surface area contributed by atoms with Gasteiger partial charge in [0.25, 0.3) is 5.91 Å². The molecule has 0 saturated heterocycles. The number of aryl methyl sites for hydroxylation is 1. The van der Waals surface area contributed by atoms with Crippen molar-refractivity contribution in [1.82, 2.24) is 14.7 Å². The maximum absolute atomic E-state index is 13.0. The third kappa shape index (κ3) is 3.38. The maximum atomic E-state index is 13.0. The molecule has 29 heavy (non-hydrogen) atoms. The molecule has 1 aromatic carbocycles. The van der Waals surface area contributed by atoms with Gasteiger partial charge < -0.3 is 10.1 Å². The second-order valence-corrected chi connectivity index (χ2v) is 8.45. The minimum atomic E-state index is -0.148. The smallest absolute Gasteiger partial charge is 0.270 e. The quantitative estimate of drug-likeness (QED) is 0.670. The average Bonchev–Trinajstić information content (AvgIpc) is 3.24. The van der Waals surface area contributed by atoms with E-state index < -0.39 is 0 Å². The monoisotopic (exact) mass is 409 g/mol. The van der Waals surface area contributed by atoms with Crippen LogP contribution in [0.25, 0.3) is 5.65 Å². The van der Waals surface area contributed by atoms with Gasteiger partial charge in [-0.3, -0.25) is 9.20 Å². The molecule has 0 bridgehead atoms. The molecule has 1 N–H and O–H groups in total. The Bertz CT molecular complexity index is 1090. The lowest BCUT2D eigenvalue weighted by Crippen LogP contribution is -2.30. The van der Waals surface area contributed by atoms with Gasteiger partial charge in [0, 0.05) is 19.2 Å². The molecule has 1 fully saturated rings. The summed E-state index contributed by atoms with van der Waals surface area (Å²) in [6, 6.07) is 9.90. The van der Waals surface area contributed by atoms with E-state index >= 15 is 0 Å². The Morgan fingerprint density at radius 1 is 1.31 bits per heavy atom. The zero-order chi connectivity index (χ0) is 20.0. The molecule has 0 spiro atoms. The number of fused-ring (bicyclic) bond motifs is 2. The minimum absolute atomic E-state index is 0.148. The molecule has 150 valence electrons. The van der Waals surface area contributed by atoms with Crippen molar-refractivity contribution in [2.45, 2.75) is 51.7 Å². The van der Waals surface area contributed by atoms with E-state index in [-0.39, 0.29) is 5.91 Å². The Morgan fingerprint density at radius 3 is 2.93 bits per heavy atom. The van der Waals surface area contributed by atoms with E-state index in [0.717, 1.165) is 29.1 Å². The van der Waals surface area contributed by atoms with E-state index in [0.29, 0.717) is 35.7 Å². The highest BCUT2D eigenvalue weighted by Crippen LogP contribution is 2.39. The van der Waals surface area contributed by atoms with Crippen molar-refractivity contribution in [2.24, 2.45) is 5.92 Å². The Balaban J connectivity index is 1.32. The summed E-state index contributed by atoms with van der Waals surface area (Å²) in [7, 11) is 0. The highest BCUT2D eigenvalue weighted by molar-refractivity contribution is 6.30. The van der Waals surface area contributed by atoms with Crippen LogP contribution in [0, 0.1) is 5.92 Å². The number of halogens is 1. The van der Waals surface area contributed by atoms with Gasteiger partial charge >= 0.3 is 0 Å². The largest absolute Gasteiger partial charge is 0.489 e. The number of benzene rings is 1. The predicted molar refractivity (Wildman–Crippen MR) is 113 cm³/mol. The average molecular weight is 410 g/mol. The molecule has 5 nitrogen and oxygen atoms in total. The lowest BCUT2D eigenvalue weighted by atomic mass is 9.80. The van der Waals surface area contributed by atoms with Crippen molar-refractivity contribution in [3.05, 3.63) is 64.1 Å². The number of rotatable bonds is 5. The summed E-state index contributed by atoms with van der Waals surface area (Å²) < 4.78 is 7.97. The van der Waals surface area contributed by atoms with Crippen molar-refractivity contribution in [2.75, 3.05) is 0 Å². The van der Waals surface area contributed by atoms with Crippen molar-refractivity contribution in [1.29, 1.82) is 0 Å². The molecular weight excluding hydrogens is 386 g/mol. The Kier molecular flexibility index (Phi) is 4.70. The van der Waals surface area contributed by atoms with Gasteiger partial charge in [0.15, 0.2) is 0 Å². The summed E-state index contributed by atoms with van der Waals surface area (Å²) in [5, 5.41) is 3.61. The summed E-state index contributed by atoms with van der Waals surface area (Å²) in [5.74, 6) is 1.54. The molecule has 2 aromatic heterocycles. The molecule has 1 atom stereocenters. The summed E-state index contributed by atoms with van der Waals surface area (Å²) in [6.07, 6.45) is 7.65. The van der Waals surface area contributed by atoms with Crippen LogP contribution in [-0.2, 0) is 19.4 Å². The Hall–Kier alpha value is -2.53. The number of pyridine rings is 1. The van der Waals surface area contributed by atoms with E-state index in [1.807, 2.05) is 13.0 Å². The van der Waals surface area contributed by atoms with Crippen LogP contribution >= 0.6 is 11.6 Å². The zero-order valence-electron chi connectivity index (χ0n) is 16.5. The van der Waals surface area contributed by atoms with E-state index in [4.69, 9.17) is 16.3 Å². The number of nitrogens with zero attached hydrogens (tertiary/aromatic N) is 2. The number of aromatic nitrogens is 2. The Morgan fingerprint density at radius 2 is 2.17 bits per heavy atom. The van der Waals surface area contributed by atoms with E-state index in [2.05, 4.69) is 28.5 Å². The normalized spacial score (nSPS) is 18.3. The number of nitrogens with one attached hydrogen (secondary N) is 1. The van der Waals surface area contributed by atoms with Crippen LogP contribution in [0.5, 0.6) is 5.75 Å². The number of imidazole rings is 1. The molecule has 1 amide bonds. The molecule has 1 aliphatic carbocycles. The molecule has 2 aliphatic rings. The second kappa shape index (κ2) is 7.38. The van der Waals surface area contributed by atoms with Crippen LogP contribution in [0.4, 0.5) is 0 Å². The third-order valence-corrected chi connectivity index (χ3v) is 6.39. The van der Waals surface area contributed by atoms with Crippen molar-refractivity contribution >= 4 is 23.2 Å². The minimum Gasteiger partial charge on any atom is -0.489 e. The molecule has 1 unspecified atom stereocenters. The van der Waals surface area contributed by atoms with Crippen LogP contribution in [-0.4, -0.2) is 21.4 Å². The van der Waals surface area contributed by atoms with Crippen molar-refractivity contribution in [3.8, 4) is 5.75 Å².